The number of nitrogens with zero attached hydrogens (tertiary/aromatic N) is 1. The summed E-state index contributed by atoms with van der Waals surface area (Å²) in [5.41, 5.74) is 0.801. The van der Waals surface area contributed by atoms with E-state index in [1.165, 1.54) is 7.11 Å². The van der Waals surface area contributed by atoms with Crippen molar-refractivity contribution in [1.82, 2.24) is 10.3 Å². The molecule has 1 heterocycles. The number of pyridine rings is 1. The van der Waals surface area contributed by atoms with Crippen molar-refractivity contribution in [2.45, 2.75) is 41.9 Å². The minimum absolute atomic E-state index is 0.197. The number of aromatic nitrogens is 1. The molecule has 1 aromatic heterocycles. The molecule has 1 amide bonds. The minimum Gasteiger partial charge on any atom is -0.481 e. The van der Waals surface area contributed by atoms with E-state index in [0.717, 1.165) is 18.4 Å². The quantitative estimate of drug-likeness (QED) is 0.840. The van der Waals surface area contributed by atoms with Crippen molar-refractivity contribution in [3.63, 3.8) is 0 Å². The first kappa shape index (κ1) is 18.4. The molecule has 7 heteroatoms. The molecule has 1 N–H and O–H groups in total. The van der Waals surface area contributed by atoms with E-state index in [9.17, 15) is 13.2 Å². The first-order chi connectivity index (χ1) is 12.5. The molecule has 0 aliphatic heterocycles. The molecule has 0 atom stereocenters. The summed E-state index contributed by atoms with van der Waals surface area (Å²) in [6.45, 7) is 0.226. The van der Waals surface area contributed by atoms with Crippen molar-refractivity contribution in [3.8, 4) is 5.88 Å². The normalized spacial score (nSPS) is 16.2. The average molecular weight is 374 g/mol. The van der Waals surface area contributed by atoms with E-state index >= 15 is 0 Å². The van der Waals surface area contributed by atoms with E-state index in [1.54, 1.807) is 48.7 Å². The van der Waals surface area contributed by atoms with Gasteiger partial charge in [-0.05, 0) is 36.6 Å². The van der Waals surface area contributed by atoms with Crippen LogP contribution in [0.1, 0.15) is 31.2 Å². The van der Waals surface area contributed by atoms with Crippen LogP contribution >= 0.6 is 0 Å². The highest BCUT2D eigenvalue weighted by atomic mass is 32.2. The van der Waals surface area contributed by atoms with Gasteiger partial charge in [0.15, 0.2) is 14.6 Å². The van der Waals surface area contributed by atoms with Gasteiger partial charge < -0.3 is 10.1 Å². The van der Waals surface area contributed by atoms with Crippen LogP contribution in [0.4, 0.5) is 0 Å². The van der Waals surface area contributed by atoms with Gasteiger partial charge >= 0.3 is 0 Å². The molecule has 1 saturated carbocycles. The lowest BCUT2D eigenvalue weighted by Crippen LogP contribution is -2.50. The number of nitrogens with one attached hydrogen (secondary N) is 1. The largest absolute Gasteiger partial charge is 0.481 e. The molecule has 1 aliphatic rings. The maximum atomic E-state index is 13.2. The van der Waals surface area contributed by atoms with Gasteiger partial charge in [-0.3, -0.25) is 4.79 Å². The van der Waals surface area contributed by atoms with E-state index in [2.05, 4.69) is 10.3 Å². The predicted octanol–water partition coefficient (Wildman–Crippen LogP) is 2.49. The molecule has 6 nitrogen and oxygen atoms in total. The van der Waals surface area contributed by atoms with E-state index < -0.39 is 20.5 Å². The Labute approximate surface area is 153 Å². The zero-order valence-electron chi connectivity index (χ0n) is 14.6. The van der Waals surface area contributed by atoms with Crippen LogP contribution in [0.25, 0.3) is 0 Å². The van der Waals surface area contributed by atoms with Crippen molar-refractivity contribution in [1.29, 1.82) is 0 Å². The van der Waals surface area contributed by atoms with E-state index in [1.807, 2.05) is 0 Å². The summed E-state index contributed by atoms with van der Waals surface area (Å²) < 4.78 is 30.1. The average Bonchev–Trinajstić information content (AvgIpc) is 3.19. The zero-order valence-corrected chi connectivity index (χ0v) is 15.5. The number of sulfone groups is 1. The Balaban J connectivity index is 1.84. The van der Waals surface area contributed by atoms with Gasteiger partial charge in [0.2, 0.25) is 11.8 Å². The molecule has 0 unspecified atom stereocenters. The molecule has 2 aromatic rings. The van der Waals surface area contributed by atoms with E-state index in [-0.39, 0.29) is 11.4 Å². The van der Waals surface area contributed by atoms with Crippen molar-refractivity contribution < 1.29 is 17.9 Å². The topological polar surface area (TPSA) is 85.4 Å². The molecule has 0 bridgehead atoms. The molecule has 1 aliphatic carbocycles. The lowest BCUT2D eigenvalue weighted by molar-refractivity contribution is -0.123. The molecule has 0 spiro atoms. The summed E-state index contributed by atoms with van der Waals surface area (Å²) in [7, 11) is -2.25. The number of benzene rings is 1. The number of hydrogen-bond donors (Lipinski definition) is 1. The highest BCUT2D eigenvalue weighted by Gasteiger charge is 2.52. The summed E-state index contributed by atoms with van der Waals surface area (Å²) in [6.07, 6.45) is 3.73. The van der Waals surface area contributed by atoms with Gasteiger partial charge in [0.1, 0.15) is 0 Å². The van der Waals surface area contributed by atoms with Crippen molar-refractivity contribution in [2.75, 3.05) is 7.11 Å². The number of rotatable bonds is 6. The fourth-order valence-corrected chi connectivity index (χ4v) is 5.51. The first-order valence-electron chi connectivity index (χ1n) is 8.56. The molecule has 1 fully saturated rings. The third-order valence-electron chi connectivity index (χ3n) is 4.85. The molecule has 138 valence electrons. The van der Waals surface area contributed by atoms with Gasteiger partial charge in [0, 0.05) is 18.8 Å². The maximum Gasteiger partial charge on any atom is 0.242 e. The monoisotopic (exact) mass is 374 g/mol. The summed E-state index contributed by atoms with van der Waals surface area (Å²) >= 11 is 0. The van der Waals surface area contributed by atoms with Crippen LogP contribution in [-0.2, 0) is 21.2 Å². The Morgan fingerprint density at radius 1 is 1.19 bits per heavy atom. The molecule has 26 heavy (non-hydrogen) atoms. The molecule has 1 aromatic carbocycles. The fourth-order valence-electron chi connectivity index (χ4n) is 3.40. The zero-order chi connectivity index (χ0) is 18.6. The van der Waals surface area contributed by atoms with Crippen LogP contribution in [0.3, 0.4) is 0 Å². The third-order valence-corrected chi connectivity index (χ3v) is 7.37. The number of amides is 1. The van der Waals surface area contributed by atoms with Crippen LogP contribution in [0.2, 0.25) is 0 Å². The number of methoxy groups -OCH3 is 1. The van der Waals surface area contributed by atoms with Crippen LogP contribution in [0, 0.1) is 0 Å². The smallest absolute Gasteiger partial charge is 0.242 e. The second-order valence-electron chi connectivity index (χ2n) is 6.41. The Hall–Kier alpha value is -2.41. The van der Waals surface area contributed by atoms with Gasteiger partial charge in [0.25, 0.3) is 0 Å². The standard InChI is InChI=1S/C19H22N2O4S/c1-25-17-13-15(9-12-20-17)14-21-18(22)19(10-5-6-11-19)26(23,24)16-7-3-2-4-8-16/h2-4,7-9,12-13H,5-6,10-11,14H2,1H3,(H,21,22). The summed E-state index contributed by atoms with van der Waals surface area (Å²) in [4.78, 5) is 17.2. The second kappa shape index (κ2) is 7.45. The highest BCUT2D eigenvalue weighted by Crippen LogP contribution is 2.40. The minimum atomic E-state index is -3.77. The number of carbonyl (C=O) groups is 1. The first-order valence-corrected chi connectivity index (χ1v) is 10.0. The lowest BCUT2D eigenvalue weighted by atomic mass is 10.1. The number of ether oxygens (including phenoxy) is 1. The molecule has 0 radical (unpaired) electrons. The molecular formula is C19H22N2O4S. The van der Waals surface area contributed by atoms with Gasteiger partial charge in [-0.25, -0.2) is 13.4 Å². The summed E-state index contributed by atoms with van der Waals surface area (Å²) in [6, 6.07) is 11.7. The third kappa shape index (κ3) is 3.31. The van der Waals surface area contributed by atoms with Gasteiger partial charge in [-0.15, -0.1) is 0 Å². The Morgan fingerprint density at radius 3 is 2.54 bits per heavy atom. The predicted molar refractivity (Wildman–Crippen MR) is 97.5 cm³/mol. The van der Waals surface area contributed by atoms with Gasteiger partial charge in [-0.1, -0.05) is 31.0 Å². The van der Waals surface area contributed by atoms with E-state index in [0.29, 0.717) is 18.7 Å². The molecule has 3 rings (SSSR count). The van der Waals surface area contributed by atoms with Crippen LogP contribution in [-0.4, -0.2) is 31.2 Å². The van der Waals surface area contributed by atoms with Crippen LogP contribution in [0.5, 0.6) is 5.88 Å². The van der Waals surface area contributed by atoms with Crippen LogP contribution in [0.15, 0.2) is 53.6 Å². The van der Waals surface area contributed by atoms with E-state index in [4.69, 9.17) is 4.74 Å². The SMILES string of the molecule is COc1cc(CNC(=O)C2(S(=O)(=O)c3ccccc3)CCCC2)ccn1. The van der Waals surface area contributed by atoms with Gasteiger partial charge in [-0.2, -0.15) is 0 Å². The lowest BCUT2D eigenvalue weighted by Gasteiger charge is -2.27. The number of carbonyl (C=O) groups excluding carboxylic acids is 1. The van der Waals surface area contributed by atoms with Crippen molar-refractivity contribution in [2.24, 2.45) is 0 Å². The Morgan fingerprint density at radius 2 is 1.88 bits per heavy atom. The number of hydrogen-bond acceptors (Lipinski definition) is 5. The highest BCUT2D eigenvalue weighted by molar-refractivity contribution is 7.93. The van der Waals surface area contributed by atoms with Crippen molar-refractivity contribution >= 4 is 15.7 Å². The summed E-state index contributed by atoms with van der Waals surface area (Å²) in [5, 5.41) is 2.81. The Bertz CT molecular complexity index is 875. The molecule has 0 saturated heterocycles. The maximum absolute atomic E-state index is 13.2. The van der Waals surface area contributed by atoms with Gasteiger partial charge in [0.05, 0.1) is 12.0 Å². The summed E-state index contributed by atoms with van der Waals surface area (Å²) in [5.74, 6) is 0.0128. The fraction of sp³-hybridized carbons (Fsp3) is 0.368. The van der Waals surface area contributed by atoms with Crippen molar-refractivity contribution in [3.05, 3.63) is 54.2 Å². The molecular weight excluding hydrogens is 352 g/mol. The second-order valence-corrected chi connectivity index (χ2v) is 8.67. The Kier molecular flexibility index (Phi) is 5.27. The van der Waals surface area contributed by atoms with Crippen LogP contribution < -0.4 is 10.1 Å².